The quantitative estimate of drug-likeness (QED) is 0.496. The predicted octanol–water partition coefficient (Wildman–Crippen LogP) is 2.91. The number of methoxy groups -OCH3 is 1. The van der Waals surface area contributed by atoms with E-state index in [1.165, 1.54) is 31.4 Å². The summed E-state index contributed by atoms with van der Waals surface area (Å²) < 4.78 is 38.8. The highest BCUT2D eigenvalue weighted by molar-refractivity contribution is 5.99. The Balaban J connectivity index is 1.86. The first-order valence-electron chi connectivity index (χ1n) is 10.1. The van der Waals surface area contributed by atoms with Gasteiger partial charge < -0.3 is 24.8 Å². The number of carbonyl (C=O) groups is 3. The Bertz CT molecular complexity index is 950. The van der Waals surface area contributed by atoms with Crippen LogP contribution in [0.25, 0.3) is 0 Å². The Morgan fingerprint density at radius 2 is 1.67 bits per heavy atom. The molecule has 0 fully saturated rings. The van der Waals surface area contributed by atoms with Crippen LogP contribution in [-0.2, 0) is 20.9 Å². The van der Waals surface area contributed by atoms with E-state index in [4.69, 9.17) is 9.47 Å². The van der Waals surface area contributed by atoms with E-state index in [2.05, 4.69) is 15.4 Å². The molecule has 1 atom stereocenters. The Labute approximate surface area is 190 Å². The van der Waals surface area contributed by atoms with Gasteiger partial charge in [0, 0.05) is 6.54 Å². The molecule has 2 rings (SSSR count). The van der Waals surface area contributed by atoms with E-state index in [0.29, 0.717) is 11.3 Å². The predicted molar refractivity (Wildman–Crippen MR) is 115 cm³/mol. The summed E-state index contributed by atoms with van der Waals surface area (Å²) in [7, 11) is 1.43. The molecule has 178 valence electrons. The smallest absolute Gasteiger partial charge is 0.387 e. The average Bonchev–Trinajstić information content (AvgIpc) is 2.79. The first-order chi connectivity index (χ1) is 15.7. The first-order valence-corrected chi connectivity index (χ1v) is 10.1. The molecule has 2 amide bonds. The molecule has 33 heavy (non-hydrogen) atoms. The standard InChI is InChI=1S/C23H26F2N2O6/c1-14(2)20(27-21(29)17-6-4-5-7-18(17)31-3)22(30)32-13-19(28)26-12-15-8-10-16(11-9-15)33-23(24)25/h4-11,14,20,23H,12-13H2,1-3H3,(H,26,28)(H,27,29). The highest BCUT2D eigenvalue weighted by Crippen LogP contribution is 2.18. The Morgan fingerprint density at radius 1 is 1.00 bits per heavy atom. The fourth-order valence-corrected chi connectivity index (χ4v) is 2.82. The van der Waals surface area contributed by atoms with Crippen molar-refractivity contribution in [3.8, 4) is 11.5 Å². The van der Waals surface area contributed by atoms with E-state index in [0.717, 1.165) is 0 Å². The summed E-state index contributed by atoms with van der Waals surface area (Å²) in [5.74, 6) is -1.75. The van der Waals surface area contributed by atoms with Gasteiger partial charge in [-0.05, 0) is 35.7 Å². The van der Waals surface area contributed by atoms with E-state index < -0.39 is 37.0 Å². The van der Waals surface area contributed by atoms with E-state index in [1.54, 1.807) is 38.1 Å². The maximum absolute atomic E-state index is 12.6. The number of esters is 1. The highest BCUT2D eigenvalue weighted by atomic mass is 19.3. The number of hydrogen-bond donors (Lipinski definition) is 2. The van der Waals surface area contributed by atoms with Gasteiger partial charge in [-0.3, -0.25) is 9.59 Å². The fourth-order valence-electron chi connectivity index (χ4n) is 2.82. The molecule has 0 aliphatic carbocycles. The largest absolute Gasteiger partial charge is 0.496 e. The number of para-hydroxylation sites is 1. The van der Waals surface area contributed by atoms with Crippen molar-refractivity contribution in [3.05, 3.63) is 59.7 Å². The minimum absolute atomic E-state index is 0.00361. The molecule has 0 heterocycles. The second-order valence-electron chi connectivity index (χ2n) is 7.30. The summed E-state index contributed by atoms with van der Waals surface area (Å²) in [6.45, 7) is 0.105. The molecule has 2 N–H and O–H groups in total. The van der Waals surface area contributed by atoms with E-state index in [1.807, 2.05) is 0 Å². The van der Waals surface area contributed by atoms with Crippen LogP contribution in [0, 0.1) is 5.92 Å². The zero-order valence-electron chi connectivity index (χ0n) is 18.5. The molecule has 0 aromatic heterocycles. The number of amides is 2. The number of nitrogens with one attached hydrogen (secondary N) is 2. The summed E-state index contributed by atoms with van der Waals surface area (Å²) in [5, 5.41) is 5.17. The van der Waals surface area contributed by atoms with Crippen LogP contribution >= 0.6 is 0 Å². The van der Waals surface area contributed by atoms with Crippen molar-refractivity contribution in [3.63, 3.8) is 0 Å². The molecule has 0 aliphatic rings. The molecule has 2 aromatic rings. The molecular weight excluding hydrogens is 438 g/mol. The van der Waals surface area contributed by atoms with Crippen molar-refractivity contribution in [2.75, 3.05) is 13.7 Å². The van der Waals surface area contributed by atoms with Crippen LogP contribution < -0.4 is 20.1 Å². The van der Waals surface area contributed by atoms with E-state index in [-0.39, 0.29) is 23.8 Å². The number of carbonyl (C=O) groups excluding carboxylic acids is 3. The van der Waals surface area contributed by atoms with Crippen molar-refractivity contribution in [2.45, 2.75) is 33.0 Å². The molecule has 0 radical (unpaired) electrons. The van der Waals surface area contributed by atoms with Gasteiger partial charge in [-0.1, -0.05) is 38.1 Å². The van der Waals surface area contributed by atoms with Crippen LogP contribution in [-0.4, -0.2) is 44.2 Å². The van der Waals surface area contributed by atoms with Crippen molar-refractivity contribution in [1.82, 2.24) is 10.6 Å². The van der Waals surface area contributed by atoms with Gasteiger partial charge in [-0.25, -0.2) is 4.79 Å². The van der Waals surface area contributed by atoms with Gasteiger partial charge in [0.15, 0.2) is 6.61 Å². The van der Waals surface area contributed by atoms with Gasteiger partial charge >= 0.3 is 12.6 Å². The van der Waals surface area contributed by atoms with Crippen LogP contribution in [0.3, 0.4) is 0 Å². The number of alkyl halides is 2. The van der Waals surface area contributed by atoms with Gasteiger partial charge in [0.2, 0.25) is 0 Å². The van der Waals surface area contributed by atoms with Gasteiger partial charge in [0.1, 0.15) is 17.5 Å². The van der Waals surface area contributed by atoms with Crippen molar-refractivity contribution in [2.24, 2.45) is 5.92 Å². The number of rotatable bonds is 11. The summed E-state index contributed by atoms with van der Waals surface area (Å²) in [6.07, 6.45) is 0. The number of ether oxygens (including phenoxy) is 3. The minimum atomic E-state index is -2.92. The third-order valence-corrected chi connectivity index (χ3v) is 4.54. The van der Waals surface area contributed by atoms with Crippen LogP contribution in [0.2, 0.25) is 0 Å². The van der Waals surface area contributed by atoms with Gasteiger partial charge in [0.05, 0.1) is 12.7 Å². The third kappa shape index (κ3) is 8.06. The normalized spacial score (nSPS) is 11.6. The molecule has 0 bridgehead atoms. The zero-order chi connectivity index (χ0) is 24.4. The number of benzene rings is 2. The minimum Gasteiger partial charge on any atom is -0.496 e. The lowest BCUT2D eigenvalue weighted by Crippen LogP contribution is -2.46. The molecule has 0 saturated carbocycles. The van der Waals surface area contributed by atoms with Crippen LogP contribution in [0.5, 0.6) is 11.5 Å². The van der Waals surface area contributed by atoms with Crippen molar-refractivity contribution >= 4 is 17.8 Å². The van der Waals surface area contributed by atoms with Gasteiger partial charge in [0.25, 0.3) is 11.8 Å². The van der Waals surface area contributed by atoms with E-state index >= 15 is 0 Å². The lowest BCUT2D eigenvalue weighted by molar-refractivity contribution is -0.151. The Kier molecular flexibility index (Phi) is 9.59. The van der Waals surface area contributed by atoms with E-state index in [9.17, 15) is 23.2 Å². The van der Waals surface area contributed by atoms with Crippen LogP contribution in [0.4, 0.5) is 8.78 Å². The molecule has 0 aliphatic heterocycles. The zero-order valence-corrected chi connectivity index (χ0v) is 18.5. The molecule has 10 heteroatoms. The monoisotopic (exact) mass is 464 g/mol. The van der Waals surface area contributed by atoms with Crippen molar-refractivity contribution in [1.29, 1.82) is 0 Å². The molecule has 1 unspecified atom stereocenters. The van der Waals surface area contributed by atoms with Crippen molar-refractivity contribution < 1.29 is 37.4 Å². The Hall–Kier alpha value is -3.69. The number of hydrogen-bond acceptors (Lipinski definition) is 6. The second kappa shape index (κ2) is 12.4. The SMILES string of the molecule is COc1ccccc1C(=O)NC(C(=O)OCC(=O)NCc1ccc(OC(F)F)cc1)C(C)C. The molecule has 0 saturated heterocycles. The van der Waals surface area contributed by atoms with Crippen LogP contribution in [0.15, 0.2) is 48.5 Å². The molecule has 0 spiro atoms. The lowest BCUT2D eigenvalue weighted by Gasteiger charge is -2.21. The molecule has 2 aromatic carbocycles. The summed E-state index contributed by atoms with van der Waals surface area (Å²) in [4.78, 5) is 37.1. The maximum Gasteiger partial charge on any atom is 0.387 e. The second-order valence-corrected chi connectivity index (χ2v) is 7.30. The summed E-state index contributed by atoms with van der Waals surface area (Å²) in [6, 6.07) is 11.3. The summed E-state index contributed by atoms with van der Waals surface area (Å²) in [5.41, 5.74) is 0.904. The van der Waals surface area contributed by atoms with Crippen LogP contribution in [0.1, 0.15) is 29.8 Å². The maximum atomic E-state index is 12.6. The fraction of sp³-hybridized carbons (Fsp3) is 0.348. The average molecular weight is 464 g/mol. The Morgan fingerprint density at radius 3 is 2.27 bits per heavy atom. The number of halogens is 2. The summed E-state index contributed by atoms with van der Waals surface area (Å²) >= 11 is 0. The third-order valence-electron chi connectivity index (χ3n) is 4.54. The molecular formula is C23H26F2N2O6. The topological polar surface area (TPSA) is 103 Å². The lowest BCUT2D eigenvalue weighted by atomic mass is 10.0. The van der Waals surface area contributed by atoms with Gasteiger partial charge in [-0.2, -0.15) is 8.78 Å². The van der Waals surface area contributed by atoms with Gasteiger partial charge in [-0.15, -0.1) is 0 Å². The first kappa shape index (κ1) is 25.6. The molecule has 8 nitrogen and oxygen atoms in total. The highest BCUT2D eigenvalue weighted by Gasteiger charge is 2.27.